The van der Waals surface area contributed by atoms with Gasteiger partial charge >= 0.3 is 0 Å². The van der Waals surface area contributed by atoms with Crippen LogP contribution in [0.4, 0.5) is 5.13 Å². The number of hydrogen-bond acceptors (Lipinski definition) is 4. The first kappa shape index (κ1) is 11.9. The summed E-state index contributed by atoms with van der Waals surface area (Å²) < 4.78 is 1.01. The zero-order chi connectivity index (χ0) is 12.1. The third-order valence-electron chi connectivity index (χ3n) is 1.89. The van der Waals surface area contributed by atoms with Gasteiger partial charge in [-0.15, -0.1) is 10.2 Å². The van der Waals surface area contributed by atoms with E-state index in [1.165, 1.54) is 17.4 Å². The highest BCUT2D eigenvalue weighted by Crippen LogP contribution is 2.12. The average Bonchev–Trinajstić information content (AvgIpc) is 2.81. The van der Waals surface area contributed by atoms with Gasteiger partial charge in [-0.2, -0.15) is 0 Å². The molecular weight excluding hydrogens is 302 g/mol. The van der Waals surface area contributed by atoms with Crippen LogP contribution in [-0.2, 0) is 4.79 Å². The van der Waals surface area contributed by atoms with Crippen molar-refractivity contribution in [3.05, 3.63) is 45.9 Å². The third-order valence-corrected chi connectivity index (χ3v) is 3.02. The normalized spacial score (nSPS) is 10.6. The molecule has 6 heteroatoms. The lowest BCUT2D eigenvalue weighted by molar-refractivity contribution is -0.111. The van der Waals surface area contributed by atoms with E-state index in [1.54, 1.807) is 11.6 Å². The minimum atomic E-state index is -0.218. The lowest BCUT2D eigenvalue weighted by atomic mass is 10.2. The van der Waals surface area contributed by atoms with Crippen molar-refractivity contribution in [2.75, 3.05) is 5.32 Å². The highest BCUT2D eigenvalue weighted by molar-refractivity contribution is 9.10. The van der Waals surface area contributed by atoms with Gasteiger partial charge in [0, 0.05) is 10.5 Å². The summed E-state index contributed by atoms with van der Waals surface area (Å²) >= 11 is 4.63. The van der Waals surface area contributed by atoms with Crippen molar-refractivity contribution in [2.24, 2.45) is 0 Å². The number of nitrogens with zero attached hydrogens (tertiary/aromatic N) is 2. The Morgan fingerprint density at radius 2 is 2.12 bits per heavy atom. The van der Waals surface area contributed by atoms with Gasteiger partial charge in [0.15, 0.2) is 0 Å². The molecule has 0 saturated heterocycles. The van der Waals surface area contributed by atoms with E-state index >= 15 is 0 Å². The standard InChI is InChI=1S/C11H8BrN3OS/c12-9-4-1-8(2-5-9)3-6-10(16)14-11-15-13-7-17-11/h1-7H,(H,14,15,16)/b6-3-. The summed E-state index contributed by atoms with van der Waals surface area (Å²) in [6.45, 7) is 0. The van der Waals surface area contributed by atoms with Gasteiger partial charge in [-0.05, 0) is 23.8 Å². The van der Waals surface area contributed by atoms with Gasteiger partial charge in [0.05, 0.1) is 0 Å². The number of carbonyl (C=O) groups is 1. The molecular formula is C11H8BrN3OS. The number of hydrogen-bond donors (Lipinski definition) is 1. The molecule has 2 rings (SSSR count). The van der Waals surface area contributed by atoms with E-state index in [1.807, 2.05) is 24.3 Å². The Hall–Kier alpha value is -1.53. The molecule has 86 valence electrons. The van der Waals surface area contributed by atoms with Crippen LogP contribution in [0.5, 0.6) is 0 Å². The van der Waals surface area contributed by atoms with Crippen LogP contribution in [0.15, 0.2) is 40.3 Å². The topological polar surface area (TPSA) is 54.9 Å². The second kappa shape index (κ2) is 5.70. The first-order valence-electron chi connectivity index (χ1n) is 4.75. The fraction of sp³-hybridized carbons (Fsp3) is 0. The highest BCUT2D eigenvalue weighted by Gasteiger charge is 1.99. The molecule has 0 spiro atoms. The van der Waals surface area contributed by atoms with E-state index in [0.29, 0.717) is 5.13 Å². The molecule has 17 heavy (non-hydrogen) atoms. The summed E-state index contributed by atoms with van der Waals surface area (Å²) in [5.74, 6) is -0.218. The number of anilines is 1. The van der Waals surface area contributed by atoms with Crippen LogP contribution in [-0.4, -0.2) is 16.1 Å². The maximum atomic E-state index is 11.5. The van der Waals surface area contributed by atoms with Gasteiger partial charge in [0.25, 0.3) is 0 Å². The van der Waals surface area contributed by atoms with E-state index in [2.05, 4.69) is 31.4 Å². The Morgan fingerprint density at radius 1 is 1.35 bits per heavy atom. The molecule has 0 unspecified atom stereocenters. The van der Waals surface area contributed by atoms with E-state index in [-0.39, 0.29) is 5.91 Å². The molecule has 0 bridgehead atoms. The number of amides is 1. The lowest BCUT2D eigenvalue weighted by Crippen LogP contribution is -2.07. The van der Waals surface area contributed by atoms with Crippen LogP contribution in [0.1, 0.15) is 5.56 Å². The minimum absolute atomic E-state index is 0.218. The fourth-order valence-electron chi connectivity index (χ4n) is 1.12. The SMILES string of the molecule is O=C(/C=C\c1ccc(Br)cc1)Nc1nncs1. The number of aromatic nitrogens is 2. The first-order valence-corrected chi connectivity index (χ1v) is 6.42. The monoisotopic (exact) mass is 309 g/mol. The molecule has 0 saturated carbocycles. The van der Waals surface area contributed by atoms with Crippen molar-refractivity contribution in [1.82, 2.24) is 10.2 Å². The van der Waals surface area contributed by atoms with Crippen LogP contribution in [0.3, 0.4) is 0 Å². The minimum Gasteiger partial charge on any atom is -0.297 e. The van der Waals surface area contributed by atoms with Gasteiger partial charge in [0.2, 0.25) is 11.0 Å². The summed E-state index contributed by atoms with van der Waals surface area (Å²) in [7, 11) is 0. The summed E-state index contributed by atoms with van der Waals surface area (Å²) in [6.07, 6.45) is 3.20. The average molecular weight is 310 g/mol. The number of benzene rings is 1. The van der Waals surface area contributed by atoms with Crippen LogP contribution in [0, 0.1) is 0 Å². The maximum Gasteiger partial charge on any atom is 0.250 e. The largest absolute Gasteiger partial charge is 0.297 e. The smallest absolute Gasteiger partial charge is 0.250 e. The van der Waals surface area contributed by atoms with Crippen molar-refractivity contribution in [3.8, 4) is 0 Å². The quantitative estimate of drug-likeness (QED) is 0.887. The predicted molar refractivity (Wildman–Crippen MR) is 71.7 cm³/mol. The Kier molecular flexibility index (Phi) is 4.00. The molecule has 1 N–H and O–H groups in total. The van der Waals surface area contributed by atoms with E-state index in [9.17, 15) is 4.79 Å². The molecule has 1 heterocycles. The maximum absolute atomic E-state index is 11.5. The Balaban J connectivity index is 1.96. The van der Waals surface area contributed by atoms with E-state index < -0.39 is 0 Å². The van der Waals surface area contributed by atoms with E-state index in [0.717, 1.165) is 10.0 Å². The number of rotatable bonds is 3. The zero-order valence-electron chi connectivity index (χ0n) is 8.63. The molecule has 0 atom stereocenters. The first-order chi connectivity index (χ1) is 8.24. The number of halogens is 1. The van der Waals surface area contributed by atoms with Gasteiger partial charge in [-0.3, -0.25) is 10.1 Å². The Labute approximate surface area is 111 Å². The second-order valence-electron chi connectivity index (χ2n) is 3.12. The van der Waals surface area contributed by atoms with Crippen molar-refractivity contribution >= 4 is 44.4 Å². The molecule has 0 aliphatic rings. The molecule has 0 radical (unpaired) electrons. The second-order valence-corrected chi connectivity index (χ2v) is 4.87. The highest BCUT2D eigenvalue weighted by atomic mass is 79.9. The van der Waals surface area contributed by atoms with Crippen LogP contribution >= 0.6 is 27.3 Å². The van der Waals surface area contributed by atoms with Crippen LogP contribution < -0.4 is 5.32 Å². The molecule has 1 aromatic heterocycles. The predicted octanol–water partition coefficient (Wildman–Crippen LogP) is 2.95. The van der Waals surface area contributed by atoms with Gasteiger partial charge in [-0.25, -0.2) is 0 Å². The molecule has 0 fully saturated rings. The zero-order valence-corrected chi connectivity index (χ0v) is 11.0. The summed E-state index contributed by atoms with van der Waals surface area (Å²) in [5, 5.41) is 10.5. The summed E-state index contributed by atoms with van der Waals surface area (Å²) in [6, 6.07) is 7.67. The molecule has 2 aromatic rings. The summed E-state index contributed by atoms with van der Waals surface area (Å²) in [5.41, 5.74) is 2.52. The fourth-order valence-corrected chi connectivity index (χ4v) is 1.83. The van der Waals surface area contributed by atoms with Crippen LogP contribution in [0.25, 0.3) is 6.08 Å². The van der Waals surface area contributed by atoms with Crippen molar-refractivity contribution in [1.29, 1.82) is 0 Å². The number of carbonyl (C=O) groups excluding carboxylic acids is 1. The molecule has 0 aliphatic carbocycles. The molecule has 4 nitrogen and oxygen atoms in total. The van der Waals surface area contributed by atoms with Crippen molar-refractivity contribution in [2.45, 2.75) is 0 Å². The van der Waals surface area contributed by atoms with Crippen molar-refractivity contribution < 1.29 is 4.79 Å². The van der Waals surface area contributed by atoms with E-state index in [4.69, 9.17) is 0 Å². The van der Waals surface area contributed by atoms with Crippen LogP contribution in [0.2, 0.25) is 0 Å². The molecule has 1 amide bonds. The summed E-state index contributed by atoms with van der Waals surface area (Å²) in [4.78, 5) is 11.5. The lowest BCUT2D eigenvalue weighted by Gasteiger charge is -1.95. The van der Waals surface area contributed by atoms with Gasteiger partial charge < -0.3 is 0 Å². The third kappa shape index (κ3) is 3.76. The van der Waals surface area contributed by atoms with Crippen molar-refractivity contribution in [3.63, 3.8) is 0 Å². The molecule has 0 aliphatic heterocycles. The van der Waals surface area contributed by atoms with Gasteiger partial charge in [0.1, 0.15) is 5.51 Å². The Bertz CT molecular complexity index is 522. The number of nitrogens with one attached hydrogen (secondary N) is 1. The Morgan fingerprint density at radius 3 is 2.76 bits per heavy atom. The molecule has 1 aromatic carbocycles. The van der Waals surface area contributed by atoms with Gasteiger partial charge in [-0.1, -0.05) is 39.4 Å².